The molecule has 0 bridgehead atoms. The summed E-state index contributed by atoms with van der Waals surface area (Å²) in [5.74, 6) is 1.15. The molecular weight excluding hydrogens is 222 g/mol. The predicted molar refractivity (Wildman–Crippen MR) is 75.0 cm³/mol. The Kier molecular flexibility index (Phi) is 3.50. The molecule has 2 fully saturated rings. The quantitative estimate of drug-likeness (QED) is 0.798. The van der Waals surface area contributed by atoms with Crippen LogP contribution in [0.25, 0.3) is 0 Å². The fourth-order valence-electron chi connectivity index (χ4n) is 3.21. The summed E-state index contributed by atoms with van der Waals surface area (Å²) in [6.45, 7) is 7.08. The van der Waals surface area contributed by atoms with Crippen LogP contribution in [-0.2, 0) is 0 Å². The highest BCUT2D eigenvalue weighted by Crippen LogP contribution is 2.23. The molecule has 18 heavy (non-hydrogen) atoms. The van der Waals surface area contributed by atoms with Gasteiger partial charge in [-0.15, -0.1) is 0 Å². The molecule has 0 atom stereocenters. The number of pyridine rings is 1. The van der Waals surface area contributed by atoms with Crippen molar-refractivity contribution in [1.29, 1.82) is 0 Å². The standard InChI is InChI=1S/C15H23N3/c1-13-4-5-15(16-12-13)18-10-6-14(7-11-18)17-8-2-3-9-17/h4-5,12,14H,2-3,6-11H2,1H3. The van der Waals surface area contributed by atoms with E-state index in [1.807, 2.05) is 6.20 Å². The SMILES string of the molecule is Cc1ccc(N2CCC(N3CCCC3)CC2)nc1. The van der Waals surface area contributed by atoms with Crippen LogP contribution in [0.5, 0.6) is 0 Å². The van der Waals surface area contributed by atoms with Gasteiger partial charge in [0.1, 0.15) is 5.82 Å². The first-order chi connectivity index (χ1) is 8.83. The van der Waals surface area contributed by atoms with E-state index in [0.717, 1.165) is 24.9 Å². The normalized spacial score (nSPS) is 22.6. The molecule has 2 aliphatic rings. The molecule has 3 heteroatoms. The lowest BCUT2D eigenvalue weighted by molar-refractivity contribution is 0.207. The molecule has 1 aromatic rings. The summed E-state index contributed by atoms with van der Waals surface area (Å²) in [5, 5.41) is 0. The minimum absolute atomic E-state index is 0.828. The van der Waals surface area contributed by atoms with Crippen LogP contribution < -0.4 is 4.90 Å². The van der Waals surface area contributed by atoms with Gasteiger partial charge in [0.25, 0.3) is 0 Å². The smallest absolute Gasteiger partial charge is 0.128 e. The first-order valence-corrected chi connectivity index (χ1v) is 7.24. The number of anilines is 1. The van der Waals surface area contributed by atoms with E-state index in [1.165, 1.54) is 44.3 Å². The van der Waals surface area contributed by atoms with Gasteiger partial charge in [-0.1, -0.05) is 6.07 Å². The van der Waals surface area contributed by atoms with Gasteiger partial charge in [-0.3, -0.25) is 0 Å². The first-order valence-electron chi connectivity index (χ1n) is 7.24. The van der Waals surface area contributed by atoms with Crippen molar-refractivity contribution in [2.75, 3.05) is 31.1 Å². The molecular formula is C15H23N3. The third-order valence-electron chi connectivity index (χ3n) is 4.34. The third kappa shape index (κ3) is 2.51. The zero-order valence-electron chi connectivity index (χ0n) is 11.3. The molecule has 3 heterocycles. The Bertz CT molecular complexity index is 373. The molecule has 3 nitrogen and oxygen atoms in total. The third-order valence-corrected chi connectivity index (χ3v) is 4.34. The van der Waals surface area contributed by atoms with Gasteiger partial charge in [-0.05, 0) is 57.3 Å². The van der Waals surface area contributed by atoms with E-state index >= 15 is 0 Å². The second-order valence-corrected chi connectivity index (χ2v) is 5.66. The summed E-state index contributed by atoms with van der Waals surface area (Å²) >= 11 is 0. The van der Waals surface area contributed by atoms with E-state index in [9.17, 15) is 0 Å². The molecule has 0 aromatic carbocycles. The molecule has 0 unspecified atom stereocenters. The van der Waals surface area contributed by atoms with Crippen molar-refractivity contribution in [3.05, 3.63) is 23.9 Å². The van der Waals surface area contributed by atoms with Gasteiger partial charge in [0.05, 0.1) is 0 Å². The van der Waals surface area contributed by atoms with Crippen LogP contribution in [0.3, 0.4) is 0 Å². The van der Waals surface area contributed by atoms with E-state index < -0.39 is 0 Å². The first kappa shape index (κ1) is 12.0. The van der Waals surface area contributed by atoms with Gasteiger partial charge in [0, 0.05) is 25.3 Å². The number of piperidine rings is 1. The minimum atomic E-state index is 0.828. The molecule has 0 aliphatic carbocycles. The van der Waals surface area contributed by atoms with Gasteiger partial charge in [0.2, 0.25) is 0 Å². The lowest BCUT2D eigenvalue weighted by Gasteiger charge is -2.37. The van der Waals surface area contributed by atoms with E-state index in [0.29, 0.717) is 0 Å². The van der Waals surface area contributed by atoms with Crippen molar-refractivity contribution in [2.45, 2.75) is 38.6 Å². The molecule has 1 aromatic heterocycles. The molecule has 2 saturated heterocycles. The zero-order valence-corrected chi connectivity index (χ0v) is 11.3. The van der Waals surface area contributed by atoms with Crippen LogP contribution >= 0.6 is 0 Å². The van der Waals surface area contributed by atoms with Crippen molar-refractivity contribution in [3.63, 3.8) is 0 Å². The maximum absolute atomic E-state index is 4.54. The highest BCUT2D eigenvalue weighted by molar-refractivity contribution is 5.39. The molecule has 3 rings (SSSR count). The number of nitrogens with zero attached hydrogens (tertiary/aromatic N) is 3. The van der Waals surface area contributed by atoms with Crippen LogP contribution in [0.2, 0.25) is 0 Å². The topological polar surface area (TPSA) is 19.4 Å². The van der Waals surface area contributed by atoms with Crippen molar-refractivity contribution in [3.8, 4) is 0 Å². The fourth-order valence-corrected chi connectivity index (χ4v) is 3.21. The van der Waals surface area contributed by atoms with Crippen molar-refractivity contribution in [2.24, 2.45) is 0 Å². The lowest BCUT2D eigenvalue weighted by atomic mass is 10.0. The highest BCUT2D eigenvalue weighted by atomic mass is 15.2. The number of aromatic nitrogens is 1. The largest absolute Gasteiger partial charge is 0.357 e. The van der Waals surface area contributed by atoms with E-state index in [2.05, 4.69) is 33.8 Å². The summed E-state index contributed by atoms with van der Waals surface area (Å²) in [7, 11) is 0. The Labute approximate surface area is 110 Å². The summed E-state index contributed by atoms with van der Waals surface area (Å²) in [6, 6.07) is 5.15. The summed E-state index contributed by atoms with van der Waals surface area (Å²) in [4.78, 5) is 9.67. The zero-order chi connectivity index (χ0) is 12.4. The minimum Gasteiger partial charge on any atom is -0.357 e. The van der Waals surface area contributed by atoms with Gasteiger partial charge in [0.15, 0.2) is 0 Å². The van der Waals surface area contributed by atoms with Crippen LogP contribution in [0.15, 0.2) is 18.3 Å². The molecule has 0 radical (unpaired) electrons. The molecule has 0 saturated carbocycles. The van der Waals surface area contributed by atoms with E-state index in [1.54, 1.807) is 0 Å². The maximum Gasteiger partial charge on any atom is 0.128 e. The van der Waals surface area contributed by atoms with Crippen molar-refractivity contribution >= 4 is 5.82 Å². The van der Waals surface area contributed by atoms with Crippen LogP contribution in [0, 0.1) is 6.92 Å². The van der Waals surface area contributed by atoms with Crippen molar-refractivity contribution in [1.82, 2.24) is 9.88 Å². The Morgan fingerprint density at radius 1 is 1.06 bits per heavy atom. The van der Waals surface area contributed by atoms with Crippen LogP contribution in [0.4, 0.5) is 5.82 Å². The number of hydrogen-bond donors (Lipinski definition) is 0. The Hall–Kier alpha value is -1.09. The second-order valence-electron chi connectivity index (χ2n) is 5.66. The number of aryl methyl sites for hydroxylation is 1. The maximum atomic E-state index is 4.54. The van der Waals surface area contributed by atoms with E-state index in [-0.39, 0.29) is 0 Å². The molecule has 2 aliphatic heterocycles. The summed E-state index contributed by atoms with van der Waals surface area (Å²) < 4.78 is 0. The van der Waals surface area contributed by atoms with Crippen LogP contribution in [-0.4, -0.2) is 42.1 Å². The van der Waals surface area contributed by atoms with Crippen LogP contribution in [0.1, 0.15) is 31.2 Å². The second kappa shape index (κ2) is 5.27. The number of rotatable bonds is 2. The number of likely N-dealkylation sites (tertiary alicyclic amines) is 1. The molecule has 98 valence electrons. The van der Waals surface area contributed by atoms with Gasteiger partial charge >= 0.3 is 0 Å². The summed E-state index contributed by atoms with van der Waals surface area (Å²) in [5.41, 5.74) is 1.24. The molecule has 0 N–H and O–H groups in total. The van der Waals surface area contributed by atoms with Crippen molar-refractivity contribution < 1.29 is 0 Å². The number of hydrogen-bond acceptors (Lipinski definition) is 3. The monoisotopic (exact) mass is 245 g/mol. The Morgan fingerprint density at radius 3 is 2.39 bits per heavy atom. The Balaban J connectivity index is 1.57. The molecule has 0 spiro atoms. The van der Waals surface area contributed by atoms with Gasteiger partial charge in [-0.25, -0.2) is 4.98 Å². The van der Waals surface area contributed by atoms with E-state index in [4.69, 9.17) is 0 Å². The predicted octanol–water partition coefficient (Wildman–Crippen LogP) is 2.45. The lowest BCUT2D eigenvalue weighted by Crippen LogP contribution is -2.44. The highest BCUT2D eigenvalue weighted by Gasteiger charge is 2.26. The molecule has 0 amide bonds. The summed E-state index contributed by atoms with van der Waals surface area (Å²) in [6.07, 6.45) is 7.38. The average Bonchev–Trinajstić information content (AvgIpc) is 2.94. The van der Waals surface area contributed by atoms with Gasteiger partial charge < -0.3 is 9.80 Å². The van der Waals surface area contributed by atoms with Gasteiger partial charge in [-0.2, -0.15) is 0 Å². The Morgan fingerprint density at radius 2 is 1.78 bits per heavy atom. The average molecular weight is 245 g/mol. The fraction of sp³-hybridized carbons (Fsp3) is 0.667.